The third-order valence-corrected chi connectivity index (χ3v) is 5.32. The molecule has 1 aliphatic heterocycles. The summed E-state index contributed by atoms with van der Waals surface area (Å²) >= 11 is 0. The summed E-state index contributed by atoms with van der Waals surface area (Å²) in [6.07, 6.45) is 0.844. The molecule has 0 saturated carbocycles. The molecule has 0 unspecified atom stereocenters. The minimum atomic E-state index is -0.669. The van der Waals surface area contributed by atoms with Gasteiger partial charge in [0, 0.05) is 25.1 Å². The monoisotopic (exact) mass is 399 g/mol. The van der Waals surface area contributed by atoms with Crippen LogP contribution < -0.4 is 16.5 Å². The first-order chi connectivity index (χ1) is 14.0. The molecular formula is C21H23F2N5O. The number of hydrazine groups is 1. The van der Waals surface area contributed by atoms with Crippen LogP contribution >= 0.6 is 0 Å². The second kappa shape index (κ2) is 7.88. The second-order valence-electron chi connectivity index (χ2n) is 7.30. The van der Waals surface area contributed by atoms with Gasteiger partial charge in [-0.15, -0.1) is 0 Å². The van der Waals surface area contributed by atoms with Crippen molar-refractivity contribution in [2.24, 2.45) is 0 Å². The topological polar surface area (TPSA) is 63.9 Å². The Morgan fingerprint density at radius 2 is 1.79 bits per heavy atom. The largest absolute Gasteiger partial charge is 0.351 e. The van der Waals surface area contributed by atoms with Crippen molar-refractivity contribution in [1.82, 2.24) is 25.2 Å². The average Bonchev–Trinajstić information content (AvgIpc) is 3.31. The Labute approximate surface area is 167 Å². The van der Waals surface area contributed by atoms with Crippen LogP contribution in [0.3, 0.4) is 0 Å². The van der Waals surface area contributed by atoms with Gasteiger partial charge in [0.25, 0.3) is 0 Å². The lowest BCUT2D eigenvalue weighted by molar-refractivity contribution is 0.576. The predicted octanol–water partition coefficient (Wildman–Crippen LogP) is 2.42. The summed E-state index contributed by atoms with van der Waals surface area (Å²) in [6.45, 7) is 5.58. The maximum absolute atomic E-state index is 13.5. The number of hydrogen-bond donors (Lipinski definition) is 2. The fourth-order valence-electron chi connectivity index (χ4n) is 3.84. The molecule has 2 N–H and O–H groups in total. The van der Waals surface area contributed by atoms with Crippen molar-refractivity contribution in [3.8, 4) is 5.69 Å². The van der Waals surface area contributed by atoms with Crippen molar-refractivity contribution in [3.63, 3.8) is 0 Å². The van der Waals surface area contributed by atoms with E-state index in [0.717, 1.165) is 25.6 Å². The quantitative estimate of drug-likeness (QED) is 0.692. The van der Waals surface area contributed by atoms with E-state index in [1.807, 2.05) is 12.1 Å². The Bertz CT molecular complexity index is 1080. The molecule has 2 heterocycles. The van der Waals surface area contributed by atoms with Crippen LogP contribution in [0.25, 0.3) is 5.69 Å². The summed E-state index contributed by atoms with van der Waals surface area (Å²) in [4.78, 5) is 13.0. The van der Waals surface area contributed by atoms with Gasteiger partial charge in [-0.3, -0.25) is 15.4 Å². The van der Waals surface area contributed by atoms with Crippen molar-refractivity contribution >= 4 is 0 Å². The van der Waals surface area contributed by atoms with Crippen molar-refractivity contribution in [2.75, 3.05) is 13.1 Å². The van der Waals surface area contributed by atoms with Gasteiger partial charge >= 0.3 is 5.69 Å². The van der Waals surface area contributed by atoms with Crippen LogP contribution in [0.1, 0.15) is 35.4 Å². The van der Waals surface area contributed by atoms with Crippen LogP contribution in [0.15, 0.2) is 41.2 Å². The molecule has 4 rings (SSSR count). The number of benzene rings is 2. The third-order valence-electron chi connectivity index (χ3n) is 5.32. The van der Waals surface area contributed by atoms with Gasteiger partial charge in [-0.1, -0.05) is 13.0 Å². The van der Waals surface area contributed by atoms with Crippen LogP contribution in [0.5, 0.6) is 0 Å². The first-order valence-electron chi connectivity index (χ1n) is 9.66. The molecule has 0 spiro atoms. The zero-order chi connectivity index (χ0) is 20.5. The van der Waals surface area contributed by atoms with Crippen molar-refractivity contribution in [3.05, 3.63) is 81.0 Å². The Kier molecular flexibility index (Phi) is 5.29. The highest BCUT2D eigenvalue weighted by atomic mass is 19.1. The summed E-state index contributed by atoms with van der Waals surface area (Å²) in [5.41, 5.74) is 9.43. The fraction of sp³-hybridized carbons (Fsp3) is 0.333. The third kappa shape index (κ3) is 3.86. The summed E-state index contributed by atoms with van der Waals surface area (Å²) in [5.74, 6) is -0.474. The van der Waals surface area contributed by atoms with E-state index in [2.05, 4.69) is 28.9 Å². The highest BCUT2D eigenvalue weighted by Crippen LogP contribution is 2.24. The van der Waals surface area contributed by atoms with Gasteiger partial charge in [0.15, 0.2) is 0 Å². The Balaban J connectivity index is 1.69. The molecule has 29 heavy (non-hydrogen) atoms. The van der Waals surface area contributed by atoms with E-state index in [4.69, 9.17) is 0 Å². The molecule has 1 fully saturated rings. The molecule has 0 atom stereocenters. The molecule has 152 valence electrons. The zero-order valence-electron chi connectivity index (χ0n) is 16.4. The number of aryl methyl sites for hydroxylation is 2. The van der Waals surface area contributed by atoms with Crippen molar-refractivity contribution < 1.29 is 8.78 Å². The van der Waals surface area contributed by atoms with Crippen LogP contribution in [0.4, 0.5) is 8.78 Å². The molecule has 3 aromatic rings. The van der Waals surface area contributed by atoms with Gasteiger partial charge in [0.2, 0.25) is 0 Å². The minimum absolute atomic E-state index is 0.0531. The lowest BCUT2D eigenvalue weighted by Crippen LogP contribution is -2.25. The maximum Gasteiger partial charge on any atom is 0.351 e. The molecule has 1 aliphatic rings. The summed E-state index contributed by atoms with van der Waals surface area (Å²) in [7, 11) is 0. The van der Waals surface area contributed by atoms with Crippen LogP contribution in [0, 0.1) is 18.6 Å². The molecular weight excluding hydrogens is 376 g/mol. The SMILES string of the molecule is CCc1cc(-n2nc(C)n(Cc3cc(F)cc(F)c3)c2=O)ccc1C1CNNC1. The summed E-state index contributed by atoms with van der Waals surface area (Å²) < 4.78 is 29.7. The molecule has 0 amide bonds. The normalized spacial score (nSPS) is 14.6. The van der Waals surface area contributed by atoms with Crippen LogP contribution in [-0.4, -0.2) is 27.4 Å². The Hall–Kier alpha value is -2.84. The first kappa shape index (κ1) is 19.5. The smallest absolute Gasteiger partial charge is 0.274 e. The van der Waals surface area contributed by atoms with E-state index in [9.17, 15) is 13.6 Å². The molecule has 1 aromatic heterocycles. The molecule has 0 aliphatic carbocycles. The predicted molar refractivity (Wildman–Crippen MR) is 106 cm³/mol. The van der Waals surface area contributed by atoms with Gasteiger partial charge in [0.05, 0.1) is 12.2 Å². The minimum Gasteiger partial charge on any atom is -0.274 e. The van der Waals surface area contributed by atoms with Crippen molar-refractivity contribution in [1.29, 1.82) is 0 Å². The molecule has 0 radical (unpaired) electrons. The number of nitrogens with zero attached hydrogens (tertiary/aromatic N) is 3. The van der Waals surface area contributed by atoms with Gasteiger partial charge in [-0.25, -0.2) is 13.6 Å². The van der Waals surface area contributed by atoms with E-state index in [-0.39, 0.29) is 12.2 Å². The zero-order valence-corrected chi connectivity index (χ0v) is 16.4. The van der Waals surface area contributed by atoms with E-state index in [1.165, 1.54) is 32.5 Å². The maximum atomic E-state index is 13.5. The van der Waals surface area contributed by atoms with Crippen LogP contribution in [0.2, 0.25) is 0 Å². The number of hydrogen-bond acceptors (Lipinski definition) is 4. The molecule has 8 heteroatoms. The van der Waals surface area contributed by atoms with Gasteiger partial charge in [-0.05, 0) is 54.3 Å². The molecule has 6 nitrogen and oxygen atoms in total. The van der Waals surface area contributed by atoms with Crippen LogP contribution in [-0.2, 0) is 13.0 Å². The Morgan fingerprint density at radius 1 is 1.10 bits per heavy atom. The second-order valence-corrected chi connectivity index (χ2v) is 7.30. The van der Waals surface area contributed by atoms with Gasteiger partial charge in [0.1, 0.15) is 17.5 Å². The fourth-order valence-corrected chi connectivity index (χ4v) is 3.84. The van der Waals surface area contributed by atoms with E-state index in [0.29, 0.717) is 23.0 Å². The highest BCUT2D eigenvalue weighted by Gasteiger charge is 2.20. The van der Waals surface area contributed by atoms with E-state index >= 15 is 0 Å². The van der Waals surface area contributed by atoms with Gasteiger partial charge < -0.3 is 0 Å². The average molecular weight is 399 g/mol. The number of halogens is 2. The molecule has 0 bridgehead atoms. The Morgan fingerprint density at radius 3 is 2.45 bits per heavy atom. The summed E-state index contributed by atoms with van der Waals surface area (Å²) in [5, 5.41) is 4.38. The van der Waals surface area contributed by atoms with E-state index in [1.54, 1.807) is 6.92 Å². The highest BCUT2D eigenvalue weighted by molar-refractivity contribution is 5.42. The molecule has 1 saturated heterocycles. The number of nitrogens with one attached hydrogen (secondary N) is 2. The lowest BCUT2D eigenvalue weighted by atomic mass is 9.93. The van der Waals surface area contributed by atoms with Crippen molar-refractivity contribution in [2.45, 2.75) is 32.7 Å². The number of rotatable bonds is 5. The lowest BCUT2D eigenvalue weighted by Gasteiger charge is -2.14. The van der Waals surface area contributed by atoms with Gasteiger partial charge in [-0.2, -0.15) is 9.78 Å². The molecule has 2 aromatic carbocycles. The summed E-state index contributed by atoms with van der Waals surface area (Å²) in [6, 6.07) is 9.20. The number of aromatic nitrogens is 3. The van der Waals surface area contributed by atoms with E-state index < -0.39 is 11.6 Å². The first-order valence-corrected chi connectivity index (χ1v) is 9.66. The standard InChI is InChI=1S/C21H23F2N5O/c1-3-15-8-19(4-5-20(15)16-10-24-25-11-16)28-21(29)27(13(2)26-28)12-14-6-17(22)9-18(23)7-14/h4-9,16,24-25H,3,10-12H2,1-2H3.